The Kier molecular flexibility index (Phi) is 9.56. The Morgan fingerprint density at radius 2 is 1.92 bits per heavy atom. The van der Waals surface area contributed by atoms with Crippen molar-refractivity contribution in [2.45, 2.75) is 52.5 Å². The van der Waals surface area contributed by atoms with E-state index in [2.05, 4.69) is 38.5 Å². The van der Waals surface area contributed by atoms with E-state index in [1.54, 1.807) is 7.05 Å². The topological polar surface area (TPSA) is 80.5 Å². The summed E-state index contributed by atoms with van der Waals surface area (Å²) in [4.78, 5) is 15.2. The van der Waals surface area contributed by atoms with Crippen LogP contribution in [0.2, 0.25) is 0 Å². The highest BCUT2D eigenvalue weighted by molar-refractivity contribution is 5.79. The summed E-state index contributed by atoms with van der Waals surface area (Å²) >= 11 is 0. The highest BCUT2D eigenvalue weighted by atomic mass is 16.5. The molecular formula is C17H31N5O2. The molecule has 1 aromatic rings. The lowest BCUT2D eigenvalue weighted by atomic mass is 10.2. The van der Waals surface area contributed by atoms with Crippen molar-refractivity contribution in [2.24, 2.45) is 4.99 Å². The fourth-order valence-corrected chi connectivity index (χ4v) is 2.44. The van der Waals surface area contributed by atoms with Crippen LogP contribution in [0.15, 0.2) is 11.1 Å². The maximum absolute atomic E-state index is 11.0. The number of carbonyl (C=O) groups excluding carboxylic acids is 1. The number of nitrogens with one attached hydrogen (secondary N) is 2. The summed E-state index contributed by atoms with van der Waals surface area (Å²) in [6.45, 7) is 6.68. The number of aryl methyl sites for hydroxylation is 3. The van der Waals surface area contributed by atoms with Crippen LogP contribution >= 0.6 is 0 Å². The molecule has 0 spiro atoms. The minimum atomic E-state index is -0.136. The monoisotopic (exact) mass is 337 g/mol. The zero-order chi connectivity index (χ0) is 17.8. The van der Waals surface area contributed by atoms with Crippen LogP contribution < -0.4 is 10.6 Å². The van der Waals surface area contributed by atoms with E-state index in [9.17, 15) is 4.79 Å². The first-order chi connectivity index (χ1) is 11.6. The predicted molar refractivity (Wildman–Crippen MR) is 96.2 cm³/mol. The van der Waals surface area contributed by atoms with Gasteiger partial charge < -0.3 is 15.4 Å². The molecule has 0 aliphatic carbocycles. The van der Waals surface area contributed by atoms with Crippen molar-refractivity contribution in [2.75, 3.05) is 27.2 Å². The van der Waals surface area contributed by atoms with Gasteiger partial charge in [0.15, 0.2) is 5.96 Å². The molecule has 0 radical (unpaired) electrons. The third kappa shape index (κ3) is 7.99. The molecule has 0 fully saturated rings. The molecule has 7 heteroatoms. The molecule has 1 heterocycles. The zero-order valence-corrected chi connectivity index (χ0v) is 15.4. The number of guanidine groups is 1. The molecular weight excluding hydrogens is 306 g/mol. The third-order valence-electron chi connectivity index (χ3n) is 3.74. The number of hydrogen-bond acceptors (Lipinski definition) is 4. The van der Waals surface area contributed by atoms with E-state index < -0.39 is 0 Å². The van der Waals surface area contributed by atoms with E-state index in [0.29, 0.717) is 6.42 Å². The molecule has 24 heavy (non-hydrogen) atoms. The van der Waals surface area contributed by atoms with Gasteiger partial charge in [-0.05, 0) is 39.2 Å². The molecule has 2 N–H and O–H groups in total. The number of aliphatic imine (C=N–C) groups is 1. The van der Waals surface area contributed by atoms with Crippen molar-refractivity contribution < 1.29 is 9.53 Å². The van der Waals surface area contributed by atoms with Crippen molar-refractivity contribution >= 4 is 11.9 Å². The first-order valence-electron chi connectivity index (χ1n) is 8.59. The van der Waals surface area contributed by atoms with Crippen molar-refractivity contribution in [3.63, 3.8) is 0 Å². The lowest BCUT2D eigenvalue weighted by Crippen LogP contribution is -2.38. The van der Waals surface area contributed by atoms with Crippen LogP contribution in [-0.4, -0.2) is 49.0 Å². The minimum Gasteiger partial charge on any atom is -0.469 e. The molecule has 1 rings (SSSR count). The Balaban J connectivity index is 2.08. The third-order valence-corrected chi connectivity index (χ3v) is 3.74. The molecule has 0 aliphatic rings. The smallest absolute Gasteiger partial charge is 0.305 e. The van der Waals surface area contributed by atoms with E-state index >= 15 is 0 Å². The van der Waals surface area contributed by atoms with Crippen molar-refractivity contribution in [1.82, 2.24) is 20.4 Å². The van der Waals surface area contributed by atoms with Gasteiger partial charge >= 0.3 is 5.97 Å². The molecule has 7 nitrogen and oxygen atoms in total. The fraction of sp³-hybridized carbons (Fsp3) is 0.706. The Morgan fingerprint density at radius 1 is 1.21 bits per heavy atom. The van der Waals surface area contributed by atoms with Crippen LogP contribution in [0.4, 0.5) is 0 Å². The van der Waals surface area contributed by atoms with Crippen molar-refractivity contribution in [3.8, 4) is 0 Å². The molecule has 0 atom stereocenters. The quantitative estimate of drug-likeness (QED) is 0.294. The summed E-state index contributed by atoms with van der Waals surface area (Å²) in [5.74, 6) is 0.680. The van der Waals surface area contributed by atoms with E-state index in [-0.39, 0.29) is 5.97 Å². The predicted octanol–water partition coefficient (Wildman–Crippen LogP) is 1.79. The van der Waals surface area contributed by atoms with Crippen LogP contribution in [-0.2, 0) is 16.1 Å². The zero-order valence-electron chi connectivity index (χ0n) is 15.4. The van der Waals surface area contributed by atoms with E-state index in [1.165, 1.54) is 12.8 Å². The number of hydrogen-bond donors (Lipinski definition) is 2. The first kappa shape index (κ1) is 20.0. The maximum atomic E-state index is 11.0. The van der Waals surface area contributed by atoms with Gasteiger partial charge in [-0.2, -0.15) is 5.10 Å². The Morgan fingerprint density at radius 3 is 2.50 bits per heavy atom. The average molecular weight is 337 g/mol. The van der Waals surface area contributed by atoms with E-state index in [4.69, 9.17) is 0 Å². The van der Waals surface area contributed by atoms with Crippen molar-refractivity contribution in [3.05, 3.63) is 17.5 Å². The summed E-state index contributed by atoms with van der Waals surface area (Å²) in [5, 5.41) is 11.0. The molecule has 0 aliphatic heterocycles. The normalized spacial score (nSPS) is 11.4. The van der Waals surface area contributed by atoms with Crippen molar-refractivity contribution in [1.29, 1.82) is 0 Å². The maximum Gasteiger partial charge on any atom is 0.305 e. The second-order valence-electron chi connectivity index (χ2n) is 5.82. The highest BCUT2D eigenvalue weighted by Crippen LogP contribution is 2.02. The number of esters is 1. The van der Waals surface area contributed by atoms with Gasteiger partial charge in [-0.25, -0.2) is 0 Å². The summed E-state index contributed by atoms with van der Waals surface area (Å²) in [5.41, 5.74) is 2.26. The lowest BCUT2D eigenvalue weighted by Gasteiger charge is -2.12. The van der Waals surface area contributed by atoms with Gasteiger partial charge in [0.1, 0.15) is 0 Å². The number of ether oxygens (including phenoxy) is 1. The van der Waals surface area contributed by atoms with Crippen LogP contribution in [0.3, 0.4) is 0 Å². The number of unbranched alkanes of at least 4 members (excludes halogenated alkanes) is 2. The first-order valence-corrected chi connectivity index (χ1v) is 8.59. The Bertz CT molecular complexity index is 525. The van der Waals surface area contributed by atoms with Gasteiger partial charge in [0.05, 0.1) is 12.8 Å². The van der Waals surface area contributed by atoms with Gasteiger partial charge in [0.25, 0.3) is 0 Å². The molecule has 0 saturated carbocycles. The second kappa shape index (κ2) is 11.5. The SMILES string of the molecule is CN=C(NCCCCCC(=O)OC)NCCCn1nc(C)cc1C. The largest absolute Gasteiger partial charge is 0.469 e. The number of aromatic nitrogens is 2. The number of nitrogens with zero attached hydrogens (tertiary/aromatic N) is 3. The van der Waals surface area contributed by atoms with Crippen LogP contribution in [0.1, 0.15) is 43.5 Å². The standard InChI is InChI=1S/C17H31N5O2/c1-14-13-15(2)22(21-14)12-8-11-20-17(18-3)19-10-7-5-6-9-16(23)24-4/h13H,5-12H2,1-4H3,(H2,18,19,20). The van der Waals surface area contributed by atoms with Gasteiger partial charge in [0.2, 0.25) is 0 Å². The summed E-state index contributed by atoms with van der Waals surface area (Å²) in [7, 11) is 3.20. The molecule has 0 unspecified atom stereocenters. The number of methoxy groups -OCH3 is 1. The molecule has 0 saturated heterocycles. The van der Waals surface area contributed by atoms with Gasteiger partial charge in [0, 0.05) is 38.8 Å². The fourth-order valence-electron chi connectivity index (χ4n) is 2.44. The van der Waals surface area contributed by atoms with Gasteiger partial charge in [-0.15, -0.1) is 0 Å². The molecule has 0 bridgehead atoms. The summed E-state index contributed by atoms with van der Waals surface area (Å²) < 4.78 is 6.65. The average Bonchev–Trinajstić information content (AvgIpc) is 2.89. The summed E-state index contributed by atoms with van der Waals surface area (Å²) in [6, 6.07) is 2.09. The van der Waals surface area contributed by atoms with Crippen LogP contribution in [0, 0.1) is 13.8 Å². The molecule has 1 aromatic heterocycles. The number of rotatable bonds is 10. The lowest BCUT2D eigenvalue weighted by molar-refractivity contribution is -0.140. The molecule has 0 amide bonds. The van der Waals surface area contributed by atoms with Crippen LogP contribution in [0.25, 0.3) is 0 Å². The van der Waals surface area contributed by atoms with Crippen LogP contribution in [0.5, 0.6) is 0 Å². The van der Waals surface area contributed by atoms with E-state index in [0.717, 1.165) is 57.0 Å². The summed E-state index contributed by atoms with van der Waals surface area (Å²) in [6.07, 6.45) is 4.35. The second-order valence-corrected chi connectivity index (χ2v) is 5.82. The van der Waals surface area contributed by atoms with E-state index in [1.807, 2.05) is 11.6 Å². The van der Waals surface area contributed by atoms with Gasteiger partial charge in [-0.3, -0.25) is 14.5 Å². The minimum absolute atomic E-state index is 0.136. The van der Waals surface area contributed by atoms with Gasteiger partial charge in [-0.1, -0.05) is 6.42 Å². The Labute approximate surface area is 144 Å². The Hall–Kier alpha value is -2.05. The number of carbonyl (C=O) groups is 1. The highest BCUT2D eigenvalue weighted by Gasteiger charge is 2.02. The molecule has 0 aromatic carbocycles. The molecule has 136 valence electrons.